The zero-order valence-corrected chi connectivity index (χ0v) is 12.4. The number of ether oxygens (including phenoxy) is 1. The van der Waals surface area contributed by atoms with Crippen molar-refractivity contribution in [2.75, 3.05) is 24.7 Å². The Bertz CT molecular complexity index is 263. The van der Waals surface area contributed by atoms with Crippen molar-refractivity contribution in [1.29, 1.82) is 0 Å². The summed E-state index contributed by atoms with van der Waals surface area (Å²) in [6, 6.07) is 0.605. The topological polar surface area (TPSA) is 21.3 Å². The van der Waals surface area contributed by atoms with Crippen LogP contribution < -0.4 is 5.32 Å². The van der Waals surface area contributed by atoms with Crippen molar-refractivity contribution in [3.63, 3.8) is 0 Å². The third kappa shape index (κ3) is 3.52. The SMILES string of the molecule is C=CCC(NCCC)C1CCOC2(CCSC2)C1. The summed E-state index contributed by atoms with van der Waals surface area (Å²) in [7, 11) is 0. The average molecular weight is 269 g/mol. The van der Waals surface area contributed by atoms with Gasteiger partial charge in [0.1, 0.15) is 0 Å². The highest BCUT2D eigenvalue weighted by atomic mass is 32.2. The molecule has 104 valence electrons. The van der Waals surface area contributed by atoms with Crippen molar-refractivity contribution in [3.05, 3.63) is 12.7 Å². The van der Waals surface area contributed by atoms with Crippen LogP contribution in [0, 0.1) is 5.92 Å². The van der Waals surface area contributed by atoms with E-state index in [2.05, 4.69) is 36.7 Å². The summed E-state index contributed by atoms with van der Waals surface area (Å²) >= 11 is 2.06. The maximum Gasteiger partial charge on any atom is 0.0783 e. The van der Waals surface area contributed by atoms with E-state index in [9.17, 15) is 0 Å². The third-order valence-electron chi connectivity index (χ3n) is 4.24. The van der Waals surface area contributed by atoms with E-state index in [1.807, 2.05) is 0 Å². The number of hydrogen-bond donors (Lipinski definition) is 1. The zero-order chi connectivity index (χ0) is 12.8. The molecule has 0 aromatic rings. The molecular formula is C15H27NOS. The molecule has 1 spiro atoms. The Morgan fingerprint density at radius 3 is 3.17 bits per heavy atom. The normalized spacial score (nSPS) is 33.7. The van der Waals surface area contributed by atoms with Gasteiger partial charge in [-0.3, -0.25) is 0 Å². The number of hydrogen-bond acceptors (Lipinski definition) is 3. The van der Waals surface area contributed by atoms with Crippen LogP contribution in [0.3, 0.4) is 0 Å². The second-order valence-corrected chi connectivity index (χ2v) is 6.78. The molecule has 0 amide bonds. The van der Waals surface area contributed by atoms with Gasteiger partial charge in [-0.05, 0) is 50.3 Å². The van der Waals surface area contributed by atoms with Gasteiger partial charge in [-0.2, -0.15) is 11.8 Å². The van der Waals surface area contributed by atoms with Crippen molar-refractivity contribution >= 4 is 11.8 Å². The van der Waals surface area contributed by atoms with Crippen molar-refractivity contribution in [3.8, 4) is 0 Å². The molecule has 3 atom stereocenters. The number of nitrogens with one attached hydrogen (secondary N) is 1. The van der Waals surface area contributed by atoms with Gasteiger partial charge < -0.3 is 10.1 Å². The summed E-state index contributed by atoms with van der Waals surface area (Å²) in [4.78, 5) is 0. The molecule has 2 rings (SSSR count). The Morgan fingerprint density at radius 2 is 2.50 bits per heavy atom. The van der Waals surface area contributed by atoms with Crippen LogP contribution in [0.1, 0.15) is 39.0 Å². The second-order valence-electron chi connectivity index (χ2n) is 5.67. The molecule has 2 saturated heterocycles. The zero-order valence-electron chi connectivity index (χ0n) is 11.6. The molecule has 2 aliphatic rings. The Balaban J connectivity index is 1.93. The molecule has 0 aromatic heterocycles. The average Bonchev–Trinajstić information content (AvgIpc) is 2.82. The first-order valence-electron chi connectivity index (χ1n) is 7.35. The highest BCUT2D eigenvalue weighted by molar-refractivity contribution is 7.99. The van der Waals surface area contributed by atoms with Gasteiger partial charge in [0.05, 0.1) is 5.60 Å². The Hall–Kier alpha value is 0.0100. The molecule has 0 aromatic carbocycles. The van der Waals surface area contributed by atoms with Gasteiger partial charge in [-0.25, -0.2) is 0 Å². The van der Waals surface area contributed by atoms with Crippen LogP contribution >= 0.6 is 11.8 Å². The van der Waals surface area contributed by atoms with E-state index in [0.29, 0.717) is 6.04 Å². The van der Waals surface area contributed by atoms with Crippen LogP contribution in [-0.2, 0) is 4.74 Å². The highest BCUT2D eigenvalue weighted by Gasteiger charge is 2.42. The smallest absolute Gasteiger partial charge is 0.0783 e. The fourth-order valence-corrected chi connectivity index (χ4v) is 4.60. The van der Waals surface area contributed by atoms with E-state index in [-0.39, 0.29) is 5.60 Å². The molecule has 2 nitrogen and oxygen atoms in total. The molecular weight excluding hydrogens is 242 g/mol. The van der Waals surface area contributed by atoms with Crippen LogP contribution in [0.25, 0.3) is 0 Å². The first-order chi connectivity index (χ1) is 8.79. The minimum Gasteiger partial charge on any atom is -0.374 e. The molecule has 18 heavy (non-hydrogen) atoms. The molecule has 2 heterocycles. The van der Waals surface area contributed by atoms with Crippen molar-refractivity contribution in [2.45, 2.75) is 50.7 Å². The standard InChI is InChI=1S/C15H27NOS/c1-3-5-14(16-8-4-2)13-6-9-17-15(11-13)7-10-18-12-15/h3,13-14,16H,1,4-12H2,2H3. The highest BCUT2D eigenvalue weighted by Crippen LogP contribution is 2.41. The summed E-state index contributed by atoms with van der Waals surface area (Å²) in [6.07, 6.45) is 8.07. The van der Waals surface area contributed by atoms with Gasteiger partial charge in [-0.1, -0.05) is 13.0 Å². The molecule has 0 saturated carbocycles. The summed E-state index contributed by atoms with van der Waals surface area (Å²) in [6.45, 7) is 8.22. The van der Waals surface area contributed by atoms with Crippen LogP contribution in [0.2, 0.25) is 0 Å². The maximum absolute atomic E-state index is 6.11. The van der Waals surface area contributed by atoms with Gasteiger partial charge in [0, 0.05) is 18.4 Å². The fourth-order valence-electron chi connectivity index (χ4n) is 3.22. The predicted octanol–water partition coefficient (Wildman–Crippen LogP) is 3.23. The van der Waals surface area contributed by atoms with Crippen LogP contribution in [0.4, 0.5) is 0 Å². The molecule has 1 N–H and O–H groups in total. The van der Waals surface area contributed by atoms with Gasteiger partial charge >= 0.3 is 0 Å². The van der Waals surface area contributed by atoms with Crippen LogP contribution in [0.15, 0.2) is 12.7 Å². The summed E-state index contributed by atoms with van der Waals surface area (Å²) in [5, 5.41) is 3.71. The fraction of sp³-hybridized carbons (Fsp3) is 0.867. The second kappa shape index (κ2) is 6.97. The first kappa shape index (κ1) is 14.4. The lowest BCUT2D eigenvalue weighted by Gasteiger charge is -2.41. The molecule has 2 aliphatic heterocycles. The maximum atomic E-state index is 6.11. The lowest BCUT2D eigenvalue weighted by atomic mass is 9.80. The molecule has 0 aliphatic carbocycles. The summed E-state index contributed by atoms with van der Waals surface area (Å²) in [5.41, 5.74) is 0.209. The van der Waals surface area contributed by atoms with E-state index in [4.69, 9.17) is 4.74 Å². The Morgan fingerprint density at radius 1 is 1.61 bits per heavy atom. The van der Waals surface area contributed by atoms with E-state index < -0.39 is 0 Å². The lowest BCUT2D eigenvalue weighted by molar-refractivity contribution is -0.0849. The largest absolute Gasteiger partial charge is 0.374 e. The van der Waals surface area contributed by atoms with E-state index in [0.717, 1.165) is 25.5 Å². The lowest BCUT2D eigenvalue weighted by Crippen LogP contribution is -2.47. The molecule has 0 radical (unpaired) electrons. The van der Waals surface area contributed by atoms with Gasteiger partial charge in [-0.15, -0.1) is 6.58 Å². The van der Waals surface area contributed by atoms with E-state index in [1.54, 1.807) is 0 Å². The van der Waals surface area contributed by atoms with E-state index >= 15 is 0 Å². The van der Waals surface area contributed by atoms with Crippen LogP contribution in [-0.4, -0.2) is 36.3 Å². The van der Waals surface area contributed by atoms with Gasteiger partial charge in [0.15, 0.2) is 0 Å². The van der Waals surface area contributed by atoms with Gasteiger partial charge in [0.25, 0.3) is 0 Å². The van der Waals surface area contributed by atoms with Crippen molar-refractivity contribution < 1.29 is 4.74 Å². The Kier molecular flexibility index (Phi) is 5.58. The first-order valence-corrected chi connectivity index (χ1v) is 8.51. The molecule has 3 unspecified atom stereocenters. The minimum atomic E-state index is 0.209. The molecule has 3 heteroatoms. The molecule has 0 bridgehead atoms. The monoisotopic (exact) mass is 269 g/mol. The predicted molar refractivity (Wildman–Crippen MR) is 80.2 cm³/mol. The van der Waals surface area contributed by atoms with Crippen molar-refractivity contribution in [2.24, 2.45) is 5.92 Å². The van der Waals surface area contributed by atoms with Crippen LogP contribution in [0.5, 0.6) is 0 Å². The molecule has 2 fully saturated rings. The van der Waals surface area contributed by atoms with Crippen molar-refractivity contribution in [1.82, 2.24) is 5.32 Å². The minimum absolute atomic E-state index is 0.209. The number of thioether (sulfide) groups is 1. The third-order valence-corrected chi connectivity index (χ3v) is 5.47. The van der Waals surface area contributed by atoms with Gasteiger partial charge in [0.2, 0.25) is 0 Å². The Labute approximate surface area is 116 Å². The van der Waals surface area contributed by atoms with E-state index in [1.165, 1.54) is 37.2 Å². The summed E-state index contributed by atoms with van der Waals surface area (Å²) in [5.74, 6) is 3.25. The summed E-state index contributed by atoms with van der Waals surface area (Å²) < 4.78 is 6.11. The number of rotatable bonds is 6. The quantitative estimate of drug-likeness (QED) is 0.748.